The maximum absolute atomic E-state index is 13.2. The standard InChI is InChI=1S/C20H19F4N7O2/c1-12-25-18(26-19(32)31(12)11-30-9-7-17(27-30)20(22,23)24)29-8-6-15(16(10-29)28-33)13-2-4-14(21)5-3-13/h2-7,9,16,28,33H,8,10-11H2,1H3. The Bertz CT molecular complexity index is 1230. The van der Waals surface area contributed by atoms with E-state index in [1.165, 1.54) is 19.1 Å². The lowest BCUT2D eigenvalue weighted by molar-refractivity contribution is -0.141. The number of aromatic nitrogens is 5. The molecule has 0 saturated carbocycles. The number of nitrogens with one attached hydrogen (secondary N) is 1. The fourth-order valence-electron chi connectivity index (χ4n) is 3.53. The molecule has 0 amide bonds. The Morgan fingerprint density at radius 3 is 2.52 bits per heavy atom. The van der Waals surface area contributed by atoms with Crippen LogP contribution in [0.1, 0.15) is 17.1 Å². The highest BCUT2D eigenvalue weighted by molar-refractivity contribution is 5.72. The molecule has 1 atom stereocenters. The van der Waals surface area contributed by atoms with Crippen molar-refractivity contribution in [3.63, 3.8) is 0 Å². The van der Waals surface area contributed by atoms with E-state index >= 15 is 0 Å². The fourth-order valence-corrected chi connectivity index (χ4v) is 3.53. The van der Waals surface area contributed by atoms with Crippen LogP contribution in [0.2, 0.25) is 0 Å². The zero-order valence-electron chi connectivity index (χ0n) is 17.3. The molecular weight excluding hydrogens is 446 g/mol. The van der Waals surface area contributed by atoms with Gasteiger partial charge >= 0.3 is 11.9 Å². The molecule has 0 bridgehead atoms. The molecule has 1 aliphatic heterocycles. The van der Waals surface area contributed by atoms with E-state index < -0.39 is 23.6 Å². The predicted octanol–water partition coefficient (Wildman–Crippen LogP) is 2.06. The van der Waals surface area contributed by atoms with Crippen molar-refractivity contribution in [3.8, 4) is 0 Å². The molecule has 0 saturated heterocycles. The highest BCUT2D eigenvalue weighted by Crippen LogP contribution is 2.27. The smallest absolute Gasteiger partial charge is 0.335 e. The summed E-state index contributed by atoms with van der Waals surface area (Å²) in [5.41, 5.74) is 1.92. The summed E-state index contributed by atoms with van der Waals surface area (Å²) >= 11 is 0. The van der Waals surface area contributed by atoms with Crippen LogP contribution >= 0.6 is 0 Å². The van der Waals surface area contributed by atoms with Gasteiger partial charge < -0.3 is 10.1 Å². The number of alkyl halides is 3. The van der Waals surface area contributed by atoms with Gasteiger partial charge in [0.1, 0.15) is 18.3 Å². The third kappa shape index (κ3) is 4.78. The molecular formula is C20H19F4N7O2. The molecule has 1 aliphatic rings. The molecule has 174 valence electrons. The average molecular weight is 465 g/mol. The Labute approximate surface area is 184 Å². The van der Waals surface area contributed by atoms with Gasteiger partial charge in [0.05, 0.1) is 6.04 Å². The van der Waals surface area contributed by atoms with E-state index in [1.807, 2.05) is 0 Å². The molecule has 1 unspecified atom stereocenters. The van der Waals surface area contributed by atoms with Crippen molar-refractivity contribution in [3.05, 3.63) is 76.0 Å². The summed E-state index contributed by atoms with van der Waals surface area (Å²) in [6.07, 6.45) is -1.67. The molecule has 0 radical (unpaired) electrons. The largest absolute Gasteiger partial charge is 0.435 e. The number of nitrogens with zero attached hydrogens (tertiary/aromatic N) is 6. The molecule has 0 aliphatic carbocycles. The number of benzene rings is 1. The Kier molecular flexibility index (Phi) is 5.99. The minimum absolute atomic E-state index is 0.111. The molecule has 0 fully saturated rings. The highest BCUT2D eigenvalue weighted by Gasteiger charge is 2.33. The van der Waals surface area contributed by atoms with Gasteiger partial charge in [-0.1, -0.05) is 18.2 Å². The topological polar surface area (TPSA) is 101 Å². The van der Waals surface area contributed by atoms with E-state index in [0.717, 1.165) is 32.6 Å². The first-order valence-electron chi connectivity index (χ1n) is 9.82. The number of aryl methyl sites for hydroxylation is 1. The van der Waals surface area contributed by atoms with Gasteiger partial charge in [-0.3, -0.25) is 9.25 Å². The van der Waals surface area contributed by atoms with Crippen LogP contribution in [0.25, 0.3) is 5.57 Å². The van der Waals surface area contributed by atoms with E-state index in [4.69, 9.17) is 0 Å². The van der Waals surface area contributed by atoms with Gasteiger partial charge in [-0.05, 0) is 36.3 Å². The van der Waals surface area contributed by atoms with Crippen LogP contribution in [0.5, 0.6) is 0 Å². The number of rotatable bonds is 5. The Hall–Kier alpha value is -3.58. The van der Waals surface area contributed by atoms with Gasteiger partial charge in [-0.15, -0.1) is 0 Å². The second-order valence-electron chi connectivity index (χ2n) is 7.41. The van der Waals surface area contributed by atoms with Gasteiger partial charge in [-0.2, -0.15) is 33.7 Å². The second kappa shape index (κ2) is 8.75. The fraction of sp³-hybridized carbons (Fsp3) is 0.300. The molecule has 4 rings (SSSR count). The van der Waals surface area contributed by atoms with Gasteiger partial charge in [0.25, 0.3) is 0 Å². The molecule has 2 aromatic heterocycles. The molecule has 1 aromatic carbocycles. The molecule has 3 heterocycles. The zero-order chi connectivity index (χ0) is 23.8. The number of hydrogen-bond acceptors (Lipinski definition) is 7. The third-order valence-electron chi connectivity index (χ3n) is 5.22. The Morgan fingerprint density at radius 2 is 1.91 bits per heavy atom. The number of anilines is 1. The van der Waals surface area contributed by atoms with Crippen LogP contribution < -0.4 is 16.1 Å². The van der Waals surface area contributed by atoms with Gasteiger partial charge in [0.2, 0.25) is 5.95 Å². The quantitative estimate of drug-likeness (QED) is 0.440. The van der Waals surface area contributed by atoms with Gasteiger partial charge in [0.15, 0.2) is 5.69 Å². The van der Waals surface area contributed by atoms with Crippen molar-refractivity contribution in [2.24, 2.45) is 0 Å². The number of hydrogen-bond donors (Lipinski definition) is 2. The maximum Gasteiger partial charge on any atom is 0.435 e. The zero-order valence-corrected chi connectivity index (χ0v) is 17.3. The monoisotopic (exact) mass is 465 g/mol. The molecule has 0 spiro atoms. The molecule has 13 heteroatoms. The predicted molar refractivity (Wildman–Crippen MR) is 109 cm³/mol. The SMILES string of the molecule is Cc1nc(N2CC=C(c3ccc(F)cc3)C(NO)C2)nc(=O)n1Cn1ccc(C(F)(F)F)n1. The summed E-state index contributed by atoms with van der Waals surface area (Å²) in [5.74, 6) is -0.0322. The molecule has 2 N–H and O–H groups in total. The van der Waals surface area contributed by atoms with E-state index in [9.17, 15) is 27.6 Å². The summed E-state index contributed by atoms with van der Waals surface area (Å²) in [6, 6.07) is 6.10. The van der Waals surface area contributed by atoms with E-state index in [1.54, 1.807) is 23.1 Å². The van der Waals surface area contributed by atoms with Gasteiger partial charge in [0, 0.05) is 19.3 Å². The van der Waals surface area contributed by atoms with E-state index in [2.05, 4.69) is 20.5 Å². The van der Waals surface area contributed by atoms with Crippen molar-refractivity contribution in [2.75, 3.05) is 18.0 Å². The lowest BCUT2D eigenvalue weighted by atomic mass is 9.95. The summed E-state index contributed by atoms with van der Waals surface area (Å²) in [6.45, 7) is 1.79. The van der Waals surface area contributed by atoms with Crippen LogP contribution in [0.15, 0.2) is 47.4 Å². The summed E-state index contributed by atoms with van der Waals surface area (Å²) in [4.78, 5) is 22.5. The second-order valence-corrected chi connectivity index (χ2v) is 7.41. The Morgan fingerprint density at radius 1 is 1.18 bits per heavy atom. The van der Waals surface area contributed by atoms with Crippen molar-refractivity contribution < 1.29 is 22.8 Å². The van der Waals surface area contributed by atoms with Crippen molar-refractivity contribution in [1.82, 2.24) is 29.8 Å². The normalized spacial score (nSPS) is 16.7. The van der Waals surface area contributed by atoms with Crippen LogP contribution in [-0.4, -0.2) is 48.7 Å². The molecule has 3 aromatic rings. The van der Waals surface area contributed by atoms with Crippen molar-refractivity contribution in [2.45, 2.75) is 25.8 Å². The van der Waals surface area contributed by atoms with Crippen LogP contribution in [0.3, 0.4) is 0 Å². The van der Waals surface area contributed by atoms with Crippen LogP contribution in [0.4, 0.5) is 23.5 Å². The molecule has 9 nitrogen and oxygen atoms in total. The number of hydroxylamine groups is 1. The summed E-state index contributed by atoms with van der Waals surface area (Å²) in [7, 11) is 0. The first-order chi connectivity index (χ1) is 15.7. The van der Waals surface area contributed by atoms with E-state index in [-0.39, 0.29) is 30.8 Å². The van der Waals surface area contributed by atoms with Crippen LogP contribution in [0, 0.1) is 12.7 Å². The lowest BCUT2D eigenvalue weighted by Crippen LogP contribution is -2.45. The molecule has 33 heavy (non-hydrogen) atoms. The lowest BCUT2D eigenvalue weighted by Gasteiger charge is -2.32. The maximum atomic E-state index is 13.2. The number of halogens is 4. The summed E-state index contributed by atoms with van der Waals surface area (Å²) in [5, 5.41) is 13.1. The first-order valence-corrected chi connectivity index (χ1v) is 9.82. The van der Waals surface area contributed by atoms with Crippen molar-refractivity contribution in [1.29, 1.82) is 0 Å². The van der Waals surface area contributed by atoms with Crippen molar-refractivity contribution >= 4 is 11.5 Å². The Balaban J connectivity index is 1.56. The minimum Gasteiger partial charge on any atom is -0.335 e. The third-order valence-corrected chi connectivity index (χ3v) is 5.22. The summed E-state index contributed by atoms with van der Waals surface area (Å²) < 4.78 is 53.6. The first kappa shape index (κ1) is 22.6. The average Bonchev–Trinajstić information content (AvgIpc) is 3.26. The minimum atomic E-state index is -4.59. The highest BCUT2D eigenvalue weighted by atomic mass is 19.4. The van der Waals surface area contributed by atoms with E-state index in [0.29, 0.717) is 6.54 Å². The van der Waals surface area contributed by atoms with Crippen LogP contribution in [-0.2, 0) is 12.8 Å². The van der Waals surface area contributed by atoms with Gasteiger partial charge in [-0.25, -0.2) is 9.18 Å².